The van der Waals surface area contributed by atoms with Gasteiger partial charge in [0.1, 0.15) is 6.04 Å². The van der Waals surface area contributed by atoms with Gasteiger partial charge in [0, 0.05) is 68.0 Å². The van der Waals surface area contributed by atoms with E-state index >= 15 is 0 Å². The number of carbonyl (C=O) groups excluding carboxylic acids is 2. The fourth-order valence-corrected chi connectivity index (χ4v) is 5.42. The summed E-state index contributed by atoms with van der Waals surface area (Å²) in [5.41, 5.74) is 3.87. The Hall–Kier alpha value is -3.36. The summed E-state index contributed by atoms with van der Waals surface area (Å²) in [6.07, 6.45) is 4.62. The van der Waals surface area contributed by atoms with Crippen LogP contribution in [0.15, 0.2) is 54.7 Å². The number of anilines is 1. The number of rotatable bonds is 9. The molecule has 8 nitrogen and oxygen atoms in total. The van der Waals surface area contributed by atoms with Crippen molar-refractivity contribution in [2.24, 2.45) is 5.92 Å². The average Bonchev–Trinajstić information content (AvgIpc) is 3.61. The van der Waals surface area contributed by atoms with Gasteiger partial charge in [0.05, 0.1) is 0 Å². The third-order valence-electron chi connectivity index (χ3n) is 7.74. The number of hydrogen-bond donors (Lipinski definition) is 3. The SMILES string of the molecule is C[C@@H](c1c[nH]c2ccccc12)[C@@H](NC(=O)N1CCN(CC2CC2)CC1)C(=O)Nc1cccc(CN(C)C)c1. The first-order chi connectivity index (χ1) is 18.4. The van der Waals surface area contributed by atoms with Crippen LogP contribution in [0.4, 0.5) is 10.5 Å². The van der Waals surface area contributed by atoms with Crippen LogP contribution in [0.1, 0.15) is 36.8 Å². The fourth-order valence-electron chi connectivity index (χ4n) is 5.42. The van der Waals surface area contributed by atoms with Crippen LogP contribution in [-0.2, 0) is 11.3 Å². The topological polar surface area (TPSA) is 83.7 Å². The molecule has 2 aliphatic rings. The van der Waals surface area contributed by atoms with Crippen LogP contribution in [0.25, 0.3) is 10.9 Å². The van der Waals surface area contributed by atoms with Gasteiger partial charge < -0.3 is 25.4 Å². The van der Waals surface area contributed by atoms with E-state index in [1.54, 1.807) is 0 Å². The third kappa shape index (κ3) is 6.37. The maximum Gasteiger partial charge on any atom is 0.318 e. The molecule has 2 fully saturated rings. The second-order valence-corrected chi connectivity index (χ2v) is 11.2. The first-order valence-corrected chi connectivity index (χ1v) is 13.8. The van der Waals surface area contributed by atoms with Crippen molar-refractivity contribution in [3.05, 3.63) is 65.9 Å². The Morgan fingerprint density at radius 2 is 1.82 bits per heavy atom. The Balaban J connectivity index is 1.33. The van der Waals surface area contributed by atoms with Gasteiger partial charge >= 0.3 is 6.03 Å². The minimum Gasteiger partial charge on any atom is -0.361 e. The lowest BCUT2D eigenvalue weighted by Gasteiger charge is -2.36. The molecule has 3 aromatic rings. The van der Waals surface area contributed by atoms with E-state index in [9.17, 15) is 9.59 Å². The van der Waals surface area contributed by atoms with E-state index in [-0.39, 0.29) is 17.9 Å². The molecule has 2 heterocycles. The highest BCUT2D eigenvalue weighted by molar-refractivity contribution is 5.98. The highest BCUT2D eigenvalue weighted by atomic mass is 16.2. The first kappa shape index (κ1) is 26.3. The number of aromatic amines is 1. The maximum absolute atomic E-state index is 13.7. The fraction of sp³-hybridized carbons (Fsp3) is 0.467. The number of aromatic nitrogens is 1. The predicted octanol–water partition coefficient (Wildman–Crippen LogP) is 4.08. The second-order valence-electron chi connectivity index (χ2n) is 11.2. The molecule has 202 valence electrons. The standard InChI is InChI=1S/C30H40N6O2/c1-21(26-18-31-27-10-5-4-9-25(26)27)28(29(37)32-24-8-6-7-23(17-24)19-34(2)3)33-30(38)36-15-13-35(14-16-36)20-22-11-12-22/h4-10,17-18,21-22,28,31H,11-16,19-20H2,1-3H3,(H,32,37)(H,33,38)/t21-,28+/m0/s1. The van der Waals surface area contributed by atoms with Gasteiger partial charge in [-0.05, 0) is 62.2 Å². The van der Waals surface area contributed by atoms with Crippen molar-refractivity contribution in [2.75, 3.05) is 52.1 Å². The van der Waals surface area contributed by atoms with Gasteiger partial charge in [0.25, 0.3) is 0 Å². The summed E-state index contributed by atoms with van der Waals surface area (Å²) < 4.78 is 0. The largest absolute Gasteiger partial charge is 0.361 e. The summed E-state index contributed by atoms with van der Waals surface area (Å²) in [6.45, 7) is 7.07. The minimum absolute atomic E-state index is 0.177. The third-order valence-corrected chi connectivity index (χ3v) is 7.74. The molecule has 2 atom stereocenters. The predicted molar refractivity (Wildman–Crippen MR) is 152 cm³/mol. The molecular weight excluding hydrogens is 476 g/mol. The molecule has 38 heavy (non-hydrogen) atoms. The minimum atomic E-state index is -0.733. The summed E-state index contributed by atoms with van der Waals surface area (Å²) in [6, 6.07) is 15.0. The average molecular weight is 517 g/mol. The Morgan fingerprint density at radius 3 is 2.55 bits per heavy atom. The van der Waals surface area contributed by atoms with E-state index in [0.29, 0.717) is 13.1 Å². The number of hydrogen-bond acceptors (Lipinski definition) is 4. The van der Waals surface area contributed by atoms with Crippen LogP contribution in [-0.4, -0.2) is 84.5 Å². The lowest BCUT2D eigenvalue weighted by atomic mass is 9.92. The van der Waals surface area contributed by atoms with Gasteiger partial charge in [-0.25, -0.2) is 4.79 Å². The summed E-state index contributed by atoms with van der Waals surface area (Å²) in [5.74, 6) is 0.387. The van der Waals surface area contributed by atoms with Gasteiger partial charge in [-0.3, -0.25) is 9.69 Å². The van der Waals surface area contributed by atoms with Crippen molar-refractivity contribution in [1.82, 2.24) is 25.0 Å². The Labute approximate surface area is 225 Å². The summed E-state index contributed by atoms with van der Waals surface area (Å²) in [5, 5.41) is 7.25. The quantitative estimate of drug-likeness (QED) is 0.400. The monoisotopic (exact) mass is 516 g/mol. The maximum atomic E-state index is 13.7. The van der Waals surface area contributed by atoms with E-state index in [4.69, 9.17) is 0 Å². The van der Waals surface area contributed by atoms with E-state index in [1.807, 2.05) is 74.6 Å². The zero-order valence-electron chi connectivity index (χ0n) is 22.7. The van der Waals surface area contributed by atoms with Crippen LogP contribution >= 0.6 is 0 Å². The normalized spacial score (nSPS) is 17.9. The molecule has 1 saturated heterocycles. The molecule has 8 heteroatoms. The second kappa shape index (κ2) is 11.6. The molecular formula is C30H40N6O2. The van der Waals surface area contributed by atoms with Crippen LogP contribution in [0.2, 0.25) is 0 Å². The molecule has 1 aliphatic carbocycles. The zero-order valence-corrected chi connectivity index (χ0v) is 22.7. The number of H-pyrrole nitrogens is 1. The molecule has 5 rings (SSSR count). The summed E-state index contributed by atoms with van der Waals surface area (Å²) in [4.78, 5) is 36.9. The molecule has 0 spiro atoms. The van der Waals surface area contributed by atoms with Crippen molar-refractivity contribution in [3.8, 4) is 0 Å². The van der Waals surface area contributed by atoms with Gasteiger partial charge in [0.2, 0.25) is 5.91 Å². The number of amides is 3. The molecule has 2 aromatic carbocycles. The first-order valence-electron chi connectivity index (χ1n) is 13.8. The van der Waals surface area contributed by atoms with E-state index in [0.717, 1.165) is 59.8 Å². The number of piperazine rings is 1. The highest BCUT2D eigenvalue weighted by Crippen LogP contribution is 2.30. The number of benzene rings is 2. The molecule has 0 radical (unpaired) electrons. The van der Waals surface area contributed by atoms with Gasteiger partial charge in [-0.2, -0.15) is 0 Å². The highest BCUT2D eigenvalue weighted by Gasteiger charge is 2.33. The molecule has 3 amide bonds. The Bertz CT molecular complexity index is 1260. The number of carbonyl (C=O) groups is 2. The summed E-state index contributed by atoms with van der Waals surface area (Å²) >= 11 is 0. The Kier molecular flexibility index (Phi) is 8.00. The van der Waals surface area contributed by atoms with Crippen LogP contribution < -0.4 is 10.6 Å². The number of urea groups is 1. The lowest BCUT2D eigenvalue weighted by Crippen LogP contribution is -2.56. The Morgan fingerprint density at radius 1 is 1.05 bits per heavy atom. The molecule has 0 unspecified atom stereocenters. The van der Waals surface area contributed by atoms with E-state index in [1.165, 1.54) is 12.8 Å². The van der Waals surface area contributed by atoms with Crippen molar-refractivity contribution >= 4 is 28.5 Å². The smallest absolute Gasteiger partial charge is 0.318 e. The molecule has 1 saturated carbocycles. The molecule has 3 N–H and O–H groups in total. The number of nitrogens with one attached hydrogen (secondary N) is 3. The van der Waals surface area contributed by atoms with Gasteiger partial charge in [-0.1, -0.05) is 37.3 Å². The van der Waals surface area contributed by atoms with Crippen LogP contribution in [0.5, 0.6) is 0 Å². The zero-order chi connectivity index (χ0) is 26.6. The molecule has 0 bridgehead atoms. The summed E-state index contributed by atoms with van der Waals surface area (Å²) in [7, 11) is 4.04. The van der Waals surface area contributed by atoms with Crippen LogP contribution in [0.3, 0.4) is 0 Å². The van der Waals surface area contributed by atoms with Gasteiger partial charge in [0.15, 0.2) is 0 Å². The van der Waals surface area contributed by atoms with Gasteiger partial charge in [-0.15, -0.1) is 0 Å². The van der Waals surface area contributed by atoms with Crippen LogP contribution in [0, 0.1) is 5.92 Å². The number of nitrogens with zero attached hydrogens (tertiary/aromatic N) is 3. The molecule has 1 aliphatic heterocycles. The number of para-hydroxylation sites is 1. The van der Waals surface area contributed by atoms with Crippen molar-refractivity contribution in [2.45, 2.75) is 38.3 Å². The van der Waals surface area contributed by atoms with Crippen molar-refractivity contribution in [3.63, 3.8) is 0 Å². The number of fused-ring (bicyclic) bond motifs is 1. The van der Waals surface area contributed by atoms with E-state index < -0.39 is 6.04 Å². The molecule has 1 aromatic heterocycles. The van der Waals surface area contributed by atoms with E-state index in [2.05, 4.69) is 31.5 Å². The lowest BCUT2D eigenvalue weighted by molar-refractivity contribution is -0.118. The van der Waals surface area contributed by atoms with Crippen molar-refractivity contribution < 1.29 is 9.59 Å². The van der Waals surface area contributed by atoms with Crippen molar-refractivity contribution in [1.29, 1.82) is 0 Å².